The molecule has 2 heterocycles. The molecule has 0 aliphatic rings. The first-order valence-corrected chi connectivity index (χ1v) is 13.4. The van der Waals surface area contributed by atoms with Crippen molar-refractivity contribution < 1.29 is 9.53 Å². The third-order valence-corrected chi connectivity index (χ3v) is 7.06. The van der Waals surface area contributed by atoms with Crippen LogP contribution in [-0.4, -0.2) is 32.3 Å². The Hall–Kier alpha value is -4.65. The van der Waals surface area contributed by atoms with Crippen molar-refractivity contribution in [2.75, 3.05) is 7.11 Å². The number of aryl methyl sites for hydroxylation is 1. The van der Waals surface area contributed by atoms with E-state index in [2.05, 4.69) is 38.1 Å². The minimum atomic E-state index is -0.330. The van der Waals surface area contributed by atoms with Crippen molar-refractivity contribution in [2.45, 2.75) is 46.5 Å². The zero-order chi connectivity index (χ0) is 28.4. The Morgan fingerprint density at radius 1 is 1.02 bits per heavy atom. The molecule has 1 amide bonds. The maximum absolute atomic E-state index is 13.3. The van der Waals surface area contributed by atoms with Gasteiger partial charge >= 0.3 is 0 Å². The smallest absolute Gasteiger partial charge is 0.277 e. The second kappa shape index (κ2) is 10.8. The first kappa shape index (κ1) is 26.9. The van der Waals surface area contributed by atoms with Crippen LogP contribution in [0.25, 0.3) is 22.6 Å². The van der Waals surface area contributed by atoms with Gasteiger partial charge in [0.15, 0.2) is 0 Å². The number of nitrogens with zero attached hydrogens (tertiary/aromatic N) is 5. The molecule has 2 aromatic heterocycles. The van der Waals surface area contributed by atoms with Crippen molar-refractivity contribution in [3.05, 3.63) is 108 Å². The Morgan fingerprint density at radius 3 is 2.50 bits per heavy atom. The van der Waals surface area contributed by atoms with E-state index in [0.29, 0.717) is 17.0 Å². The highest BCUT2D eigenvalue weighted by atomic mass is 16.5. The van der Waals surface area contributed by atoms with Crippen molar-refractivity contribution >= 4 is 11.6 Å². The number of carbonyl (C=O) groups excluding carboxylic acids is 1. The number of carbonyl (C=O) groups is 1. The average Bonchev–Trinajstić information content (AvgIpc) is 3.60. The summed E-state index contributed by atoms with van der Waals surface area (Å²) in [6.07, 6.45) is 6.43. The van der Waals surface area contributed by atoms with E-state index >= 15 is 0 Å². The van der Waals surface area contributed by atoms with Gasteiger partial charge in [0.25, 0.3) is 5.91 Å². The molecular formula is C33H34N5O2. The van der Waals surface area contributed by atoms with Crippen molar-refractivity contribution in [3.63, 3.8) is 0 Å². The summed E-state index contributed by atoms with van der Waals surface area (Å²) in [6.45, 7) is 10.5. The minimum Gasteiger partial charge on any atom is -0.494 e. The molecule has 7 heteroatoms. The average molecular weight is 533 g/mol. The van der Waals surface area contributed by atoms with Gasteiger partial charge in [-0.25, -0.2) is 15.0 Å². The molecule has 5 rings (SSSR count). The van der Waals surface area contributed by atoms with Crippen LogP contribution >= 0.6 is 0 Å². The monoisotopic (exact) mass is 532 g/mol. The Bertz CT molecular complexity index is 1660. The van der Waals surface area contributed by atoms with E-state index < -0.39 is 0 Å². The molecule has 40 heavy (non-hydrogen) atoms. The number of ether oxygens (including phenoxy) is 1. The highest BCUT2D eigenvalue weighted by molar-refractivity contribution is 5.98. The summed E-state index contributed by atoms with van der Waals surface area (Å²) >= 11 is 0. The van der Waals surface area contributed by atoms with Crippen molar-refractivity contribution in [2.24, 2.45) is 0 Å². The van der Waals surface area contributed by atoms with Crippen LogP contribution in [0.2, 0.25) is 0 Å². The second-order valence-corrected chi connectivity index (χ2v) is 10.8. The standard InChI is InChI=1S/C33H34N5O2/c1-7-29-26(19-35-38(29)25-11-9-8-10-12-25)28-20-37(21-34-28)30-17-23(14-13-22(30)2)32(39)36-27-18-24(33(3,4)5)15-16-31(27)40-6/h8-21H,7H2,1-6H3. The van der Waals surface area contributed by atoms with Crippen molar-refractivity contribution in [1.29, 1.82) is 0 Å². The highest BCUT2D eigenvalue weighted by Crippen LogP contribution is 2.32. The van der Waals surface area contributed by atoms with E-state index in [4.69, 9.17) is 9.72 Å². The minimum absolute atomic E-state index is 0.0784. The number of benzene rings is 3. The molecule has 0 atom stereocenters. The number of rotatable bonds is 7. The second-order valence-electron chi connectivity index (χ2n) is 10.8. The summed E-state index contributed by atoms with van der Waals surface area (Å²) in [5.41, 5.74) is 7.80. The molecule has 0 bridgehead atoms. The third kappa shape index (κ3) is 5.27. The van der Waals surface area contributed by atoms with Crippen LogP contribution in [0.15, 0.2) is 85.5 Å². The lowest BCUT2D eigenvalue weighted by Crippen LogP contribution is -2.15. The fraction of sp³-hybridized carbons (Fsp3) is 0.242. The summed E-state index contributed by atoms with van der Waals surface area (Å²) < 4.78 is 9.40. The molecule has 0 unspecified atom stereocenters. The molecule has 0 saturated heterocycles. The Balaban J connectivity index is 1.44. The van der Waals surface area contributed by atoms with Gasteiger partial charge in [0.05, 0.1) is 42.4 Å². The van der Waals surface area contributed by atoms with Crippen LogP contribution in [0.5, 0.6) is 5.75 Å². The van der Waals surface area contributed by atoms with Crippen LogP contribution in [0, 0.1) is 6.92 Å². The predicted octanol–water partition coefficient (Wildman–Crippen LogP) is 6.98. The summed E-state index contributed by atoms with van der Waals surface area (Å²) in [5.74, 6) is 0.235. The van der Waals surface area contributed by atoms with E-state index in [-0.39, 0.29) is 11.3 Å². The van der Waals surface area contributed by atoms with Gasteiger partial charge in [0, 0.05) is 17.3 Å². The van der Waals surface area contributed by atoms with Crippen molar-refractivity contribution in [3.8, 4) is 28.4 Å². The van der Waals surface area contributed by atoms with Crippen molar-refractivity contribution in [1.82, 2.24) is 24.6 Å². The normalized spacial score (nSPS) is 11.4. The van der Waals surface area contributed by atoms with E-state index in [0.717, 1.165) is 45.9 Å². The molecule has 203 valence electrons. The zero-order valence-corrected chi connectivity index (χ0v) is 23.8. The molecule has 5 aromatic rings. The zero-order valence-electron chi connectivity index (χ0n) is 23.8. The largest absolute Gasteiger partial charge is 0.494 e. The van der Waals surface area contributed by atoms with E-state index in [1.807, 2.05) is 95.3 Å². The van der Waals surface area contributed by atoms with Crippen LogP contribution in [-0.2, 0) is 11.8 Å². The van der Waals surface area contributed by atoms with E-state index in [9.17, 15) is 4.79 Å². The van der Waals surface area contributed by atoms with Crippen LogP contribution in [0.1, 0.15) is 54.9 Å². The maximum Gasteiger partial charge on any atom is 0.277 e. The molecule has 0 aliphatic carbocycles. The van der Waals surface area contributed by atoms with Gasteiger partial charge in [-0.1, -0.05) is 58.0 Å². The lowest BCUT2D eigenvalue weighted by molar-refractivity contribution is 0.0968. The molecule has 0 spiro atoms. The topological polar surface area (TPSA) is 76.0 Å². The quantitative estimate of drug-likeness (QED) is 0.227. The number of amides is 1. The van der Waals surface area contributed by atoms with Crippen LogP contribution in [0.3, 0.4) is 0 Å². The number of imidazole rings is 1. The summed E-state index contributed by atoms with van der Waals surface area (Å²) in [7, 11) is 1.59. The third-order valence-electron chi connectivity index (χ3n) is 7.06. The number of hydrogen-bond donors (Lipinski definition) is 0. The maximum atomic E-state index is 13.3. The number of aromatic nitrogens is 4. The fourth-order valence-electron chi connectivity index (χ4n) is 4.75. The molecule has 0 N–H and O–H groups in total. The van der Waals surface area contributed by atoms with Gasteiger partial charge in [-0.2, -0.15) is 5.10 Å². The number of hydrogen-bond acceptors (Lipinski definition) is 4. The van der Waals surface area contributed by atoms with Gasteiger partial charge in [0.1, 0.15) is 11.4 Å². The SMILES string of the molecule is CCc1c(-c2cn(-c3cc(C(=O)[N]c4cc(C(C)(C)C)ccc4OC)ccc3C)cn2)cnn1-c1ccccc1. The Morgan fingerprint density at radius 2 is 1.80 bits per heavy atom. The first-order valence-electron chi connectivity index (χ1n) is 13.4. The van der Waals surface area contributed by atoms with Gasteiger partial charge in [0.2, 0.25) is 0 Å². The van der Waals surface area contributed by atoms with Crippen LogP contribution < -0.4 is 10.1 Å². The molecule has 1 radical (unpaired) electrons. The highest BCUT2D eigenvalue weighted by Gasteiger charge is 2.20. The summed E-state index contributed by atoms with van der Waals surface area (Å²) in [4.78, 5) is 18.0. The van der Waals surface area contributed by atoms with Gasteiger partial charge in [-0.15, -0.1) is 0 Å². The van der Waals surface area contributed by atoms with Gasteiger partial charge in [-0.05, 0) is 66.3 Å². The molecule has 3 aromatic carbocycles. The Kier molecular flexibility index (Phi) is 7.30. The molecule has 0 saturated carbocycles. The summed E-state index contributed by atoms with van der Waals surface area (Å²) in [6, 6.07) is 21.5. The number of methoxy groups -OCH3 is 1. The molecule has 0 aliphatic heterocycles. The lowest BCUT2D eigenvalue weighted by atomic mass is 9.87. The Labute approximate surface area is 235 Å². The number of para-hydroxylation sites is 1. The molecular weight excluding hydrogens is 498 g/mol. The molecule has 0 fully saturated rings. The van der Waals surface area contributed by atoms with Crippen LogP contribution in [0.4, 0.5) is 5.69 Å². The van der Waals surface area contributed by atoms with Gasteiger partial charge < -0.3 is 9.30 Å². The van der Waals surface area contributed by atoms with E-state index in [1.165, 1.54) is 0 Å². The summed E-state index contributed by atoms with van der Waals surface area (Å²) in [5, 5.41) is 9.09. The first-order chi connectivity index (χ1) is 19.2. The van der Waals surface area contributed by atoms with E-state index in [1.54, 1.807) is 13.4 Å². The lowest BCUT2D eigenvalue weighted by Gasteiger charge is -2.20. The molecule has 7 nitrogen and oxygen atoms in total. The predicted molar refractivity (Wildman–Crippen MR) is 158 cm³/mol. The van der Waals surface area contributed by atoms with Gasteiger partial charge in [-0.3, -0.25) is 4.79 Å². The fourth-order valence-corrected chi connectivity index (χ4v) is 4.75.